The highest BCUT2D eigenvalue weighted by Gasteiger charge is 2.14. The van der Waals surface area contributed by atoms with Crippen LogP contribution in [0.2, 0.25) is 0 Å². The van der Waals surface area contributed by atoms with E-state index >= 15 is 0 Å². The molecule has 0 fully saturated rings. The van der Waals surface area contributed by atoms with Gasteiger partial charge in [0.25, 0.3) is 11.8 Å². The fourth-order valence-corrected chi connectivity index (χ4v) is 3.03. The van der Waals surface area contributed by atoms with Crippen LogP contribution in [0.15, 0.2) is 72.8 Å². The zero-order chi connectivity index (χ0) is 23.3. The van der Waals surface area contributed by atoms with Crippen LogP contribution in [0, 0.1) is 0 Å². The van der Waals surface area contributed by atoms with Crippen LogP contribution in [-0.2, 0) is 10.2 Å². The maximum Gasteiger partial charge on any atom is 0.308 e. The molecule has 32 heavy (non-hydrogen) atoms. The molecule has 0 aliphatic heterocycles. The molecular formula is C26H26N2O4. The Morgan fingerprint density at radius 1 is 0.719 bits per heavy atom. The SMILES string of the molecule is CC(=O)Oc1cccc(C(=O)Nc2ccc(NC(=O)c3ccc(C(C)(C)C)cc3)cc2)c1. The predicted molar refractivity (Wildman–Crippen MR) is 125 cm³/mol. The number of amides is 2. The van der Waals surface area contributed by atoms with Crippen molar-refractivity contribution >= 4 is 29.2 Å². The average molecular weight is 431 g/mol. The highest BCUT2D eigenvalue weighted by atomic mass is 16.5. The zero-order valence-corrected chi connectivity index (χ0v) is 18.6. The van der Waals surface area contributed by atoms with E-state index in [0.717, 1.165) is 5.56 Å². The average Bonchev–Trinajstić information content (AvgIpc) is 2.74. The number of carbonyl (C=O) groups is 3. The fraction of sp³-hybridized carbons (Fsp3) is 0.192. The van der Waals surface area contributed by atoms with Gasteiger partial charge in [-0.3, -0.25) is 14.4 Å². The normalized spacial score (nSPS) is 10.9. The molecule has 0 saturated carbocycles. The van der Waals surface area contributed by atoms with Gasteiger partial charge in [-0.1, -0.05) is 39.0 Å². The van der Waals surface area contributed by atoms with E-state index in [4.69, 9.17) is 4.74 Å². The Bertz CT molecular complexity index is 1130. The molecule has 164 valence electrons. The van der Waals surface area contributed by atoms with Gasteiger partial charge in [0.2, 0.25) is 0 Å². The van der Waals surface area contributed by atoms with Crippen molar-refractivity contribution < 1.29 is 19.1 Å². The van der Waals surface area contributed by atoms with Crippen molar-refractivity contribution in [1.29, 1.82) is 0 Å². The van der Waals surface area contributed by atoms with Gasteiger partial charge in [-0.15, -0.1) is 0 Å². The van der Waals surface area contributed by atoms with E-state index in [-0.39, 0.29) is 17.2 Å². The zero-order valence-electron chi connectivity index (χ0n) is 18.6. The molecule has 0 spiro atoms. The lowest BCUT2D eigenvalue weighted by Crippen LogP contribution is -2.14. The molecule has 0 aliphatic rings. The molecule has 0 radical (unpaired) electrons. The molecule has 0 aliphatic carbocycles. The van der Waals surface area contributed by atoms with Gasteiger partial charge in [0.05, 0.1) is 0 Å². The third-order valence-corrected chi connectivity index (χ3v) is 4.77. The minimum Gasteiger partial charge on any atom is -0.427 e. The first-order chi connectivity index (χ1) is 15.1. The van der Waals surface area contributed by atoms with E-state index in [9.17, 15) is 14.4 Å². The summed E-state index contributed by atoms with van der Waals surface area (Å²) in [6, 6.07) is 20.7. The van der Waals surface area contributed by atoms with Crippen molar-refractivity contribution in [2.45, 2.75) is 33.1 Å². The van der Waals surface area contributed by atoms with Crippen LogP contribution in [0.25, 0.3) is 0 Å². The van der Waals surface area contributed by atoms with Crippen molar-refractivity contribution in [3.63, 3.8) is 0 Å². The summed E-state index contributed by atoms with van der Waals surface area (Å²) in [5.74, 6) is -0.691. The Hall–Kier alpha value is -3.93. The summed E-state index contributed by atoms with van der Waals surface area (Å²) in [5.41, 5.74) is 3.30. The summed E-state index contributed by atoms with van der Waals surface area (Å²) in [6.45, 7) is 7.67. The van der Waals surface area contributed by atoms with E-state index in [2.05, 4.69) is 31.4 Å². The summed E-state index contributed by atoms with van der Waals surface area (Å²) in [7, 11) is 0. The molecule has 2 N–H and O–H groups in total. The van der Waals surface area contributed by atoms with Crippen LogP contribution in [0.4, 0.5) is 11.4 Å². The Labute approximate surface area is 187 Å². The summed E-state index contributed by atoms with van der Waals surface area (Å²) in [5, 5.41) is 5.63. The van der Waals surface area contributed by atoms with Gasteiger partial charge < -0.3 is 15.4 Å². The van der Waals surface area contributed by atoms with E-state index < -0.39 is 5.97 Å². The van der Waals surface area contributed by atoms with Crippen molar-refractivity contribution in [2.24, 2.45) is 0 Å². The van der Waals surface area contributed by atoms with Crippen molar-refractivity contribution in [3.8, 4) is 5.75 Å². The smallest absolute Gasteiger partial charge is 0.308 e. The molecule has 0 saturated heterocycles. The van der Waals surface area contributed by atoms with Crippen molar-refractivity contribution in [2.75, 3.05) is 10.6 Å². The number of nitrogens with one attached hydrogen (secondary N) is 2. The second kappa shape index (κ2) is 9.47. The lowest BCUT2D eigenvalue weighted by Gasteiger charge is -2.19. The van der Waals surface area contributed by atoms with Gasteiger partial charge in [0.15, 0.2) is 0 Å². The monoisotopic (exact) mass is 430 g/mol. The van der Waals surface area contributed by atoms with Crippen LogP contribution >= 0.6 is 0 Å². The molecule has 0 aromatic heterocycles. The Balaban J connectivity index is 1.62. The topological polar surface area (TPSA) is 84.5 Å². The Morgan fingerprint density at radius 2 is 1.25 bits per heavy atom. The molecule has 0 atom stereocenters. The molecule has 6 nitrogen and oxygen atoms in total. The van der Waals surface area contributed by atoms with E-state index in [0.29, 0.717) is 28.3 Å². The summed E-state index contributed by atoms with van der Waals surface area (Å²) in [6.07, 6.45) is 0. The number of rotatable bonds is 5. The molecule has 6 heteroatoms. The Morgan fingerprint density at radius 3 is 1.75 bits per heavy atom. The van der Waals surface area contributed by atoms with Gasteiger partial charge in [0.1, 0.15) is 5.75 Å². The second-order valence-corrected chi connectivity index (χ2v) is 8.43. The lowest BCUT2D eigenvalue weighted by atomic mass is 9.87. The molecule has 0 unspecified atom stereocenters. The second-order valence-electron chi connectivity index (χ2n) is 8.43. The number of ether oxygens (including phenoxy) is 1. The quantitative estimate of drug-likeness (QED) is 0.418. The van der Waals surface area contributed by atoms with Gasteiger partial charge in [0, 0.05) is 29.4 Å². The fourth-order valence-electron chi connectivity index (χ4n) is 3.03. The van der Waals surface area contributed by atoms with Crippen LogP contribution in [0.5, 0.6) is 5.75 Å². The molecule has 3 aromatic rings. The maximum absolute atomic E-state index is 12.5. The number of hydrogen-bond donors (Lipinski definition) is 2. The van der Waals surface area contributed by atoms with Crippen LogP contribution in [0.1, 0.15) is 54.0 Å². The number of hydrogen-bond acceptors (Lipinski definition) is 4. The van der Waals surface area contributed by atoms with Crippen molar-refractivity contribution in [3.05, 3.63) is 89.5 Å². The molecular weight excluding hydrogens is 404 g/mol. The largest absolute Gasteiger partial charge is 0.427 e. The minimum absolute atomic E-state index is 0.0248. The van der Waals surface area contributed by atoms with Crippen molar-refractivity contribution in [1.82, 2.24) is 0 Å². The molecule has 0 heterocycles. The number of anilines is 2. The summed E-state index contributed by atoms with van der Waals surface area (Å²) in [4.78, 5) is 36.1. The lowest BCUT2D eigenvalue weighted by molar-refractivity contribution is -0.131. The molecule has 2 amide bonds. The molecule has 3 rings (SSSR count). The Kier molecular flexibility index (Phi) is 6.73. The predicted octanol–water partition coefficient (Wildman–Crippen LogP) is 5.41. The first-order valence-corrected chi connectivity index (χ1v) is 10.2. The number of carbonyl (C=O) groups excluding carboxylic acids is 3. The van der Waals surface area contributed by atoms with Gasteiger partial charge in [-0.05, 0) is 65.6 Å². The summed E-state index contributed by atoms with van der Waals surface area (Å²) < 4.78 is 5.01. The standard InChI is InChI=1S/C26H26N2O4/c1-17(29)32-23-7-5-6-19(16-23)25(31)28-22-14-12-21(13-15-22)27-24(30)18-8-10-20(11-9-18)26(2,3)4/h5-16H,1-4H3,(H,27,30)(H,28,31). The molecule has 0 bridgehead atoms. The van der Waals surface area contributed by atoms with E-state index in [1.165, 1.54) is 13.0 Å². The van der Waals surface area contributed by atoms with Gasteiger partial charge in [-0.2, -0.15) is 0 Å². The summed E-state index contributed by atoms with van der Waals surface area (Å²) >= 11 is 0. The van der Waals surface area contributed by atoms with E-state index in [1.54, 1.807) is 42.5 Å². The van der Waals surface area contributed by atoms with Crippen LogP contribution in [0.3, 0.4) is 0 Å². The maximum atomic E-state index is 12.5. The van der Waals surface area contributed by atoms with Gasteiger partial charge in [-0.25, -0.2) is 0 Å². The highest BCUT2D eigenvalue weighted by molar-refractivity contribution is 6.06. The van der Waals surface area contributed by atoms with E-state index in [1.807, 2.05) is 24.3 Å². The number of benzene rings is 3. The third-order valence-electron chi connectivity index (χ3n) is 4.77. The highest BCUT2D eigenvalue weighted by Crippen LogP contribution is 2.23. The third kappa shape index (κ3) is 6.04. The van der Waals surface area contributed by atoms with Crippen LogP contribution in [-0.4, -0.2) is 17.8 Å². The first kappa shape index (κ1) is 22.7. The minimum atomic E-state index is -0.453. The first-order valence-electron chi connectivity index (χ1n) is 10.2. The van der Waals surface area contributed by atoms with Gasteiger partial charge >= 0.3 is 5.97 Å². The molecule has 3 aromatic carbocycles. The van der Waals surface area contributed by atoms with Crippen LogP contribution < -0.4 is 15.4 Å². The number of esters is 1.